The van der Waals surface area contributed by atoms with Gasteiger partial charge < -0.3 is 19.2 Å². The number of carbonyl (C=O) groups excluding carboxylic acids is 1. The Kier molecular flexibility index (Phi) is 6.35. The molecule has 0 spiro atoms. The molecule has 2 heterocycles. The summed E-state index contributed by atoms with van der Waals surface area (Å²) in [5.74, 6) is 0.647. The lowest BCUT2D eigenvalue weighted by molar-refractivity contribution is 0.0938. The Hall–Kier alpha value is -3.82. The Morgan fingerprint density at radius 1 is 1.17 bits per heavy atom. The quantitative estimate of drug-likeness (QED) is 0.591. The van der Waals surface area contributed by atoms with Crippen LogP contribution in [0.25, 0.3) is 5.69 Å². The lowest BCUT2D eigenvalue weighted by Crippen LogP contribution is -2.45. The SMILES string of the molecule is CCCn1c(=O)c(C(=O)NCc2ccco2)nn(-c2ccc(OC)c(OC)c2)c1=O. The summed E-state index contributed by atoms with van der Waals surface area (Å²) in [5, 5.41) is 6.63. The Bertz CT molecular complexity index is 1150. The van der Waals surface area contributed by atoms with Crippen LogP contribution >= 0.6 is 0 Å². The van der Waals surface area contributed by atoms with E-state index in [9.17, 15) is 14.4 Å². The zero-order chi connectivity index (χ0) is 21.7. The fraction of sp³-hybridized carbons (Fsp3) is 0.300. The molecule has 0 saturated carbocycles. The minimum absolute atomic E-state index is 0.0796. The van der Waals surface area contributed by atoms with Crippen molar-refractivity contribution in [2.24, 2.45) is 0 Å². The zero-order valence-corrected chi connectivity index (χ0v) is 16.9. The molecule has 2 aromatic heterocycles. The number of nitrogens with one attached hydrogen (secondary N) is 1. The summed E-state index contributed by atoms with van der Waals surface area (Å²) in [7, 11) is 2.95. The van der Waals surface area contributed by atoms with E-state index < -0.39 is 22.9 Å². The van der Waals surface area contributed by atoms with Crippen molar-refractivity contribution in [3.05, 3.63) is 68.9 Å². The molecular weight excluding hydrogens is 392 g/mol. The van der Waals surface area contributed by atoms with Gasteiger partial charge in [-0.15, -0.1) is 0 Å². The normalized spacial score (nSPS) is 10.6. The second-order valence-corrected chi connectivity index (χ2v) is 6.30. The Morgan fingerprint density at radius 3 is 2.57 bits per heavy atom. The molecular formula is C20H22N4O6. The van der Waals surface area contributed by atoms with Crippen LogP contribution in [0, 0.1) is 0 Å². The lowest BCUT2D eigenvalue weighted by Gasteiger charge is -2.13. The number of nitrogens with zero attached hydrogens (tertiary/aromatic N) is 3. The van der Waals surface area contributed by atoms with Gasteiger partial charge in [0.2, 0.25) is 5.69 Å². The number of amides is 1. The van der Waals surface area contributed by atoms with E-state index in [1.54, 1.807) is 30.3 Å². The van der Waals surface area contributed by atoms with Gasteiger partial charge in [-0.3, -0.25) is 14.2 Å². The molecule has 0 radical (unpaired) electrons. The van der Waals surface area contributed by atoms with Gasteiger partial charge in [0.25, 0.3) is 11.5 Å². The predicted octanol–water partition coefficient (Wildman–Crippen LogP) is 1.34. The van der Waals surface area contributed by atoms with Crippen LogP contribution in [-0.2, 0) is 13.1 Å². The highest BCUT2D eigenvalue weighted by molar-refractivity contribution is 5.91. The molecule has 0 atom stereocenters. The van der Waals surface area contributed by atoms with Crippen LogP contribution in [0.4, 0.5) is 0 Å². The van der Waals surface area contributed by atoms with Crippen LogP contribution in [0.1, 0.15) is 29.6 Å². The van der Waals surface area contributed by atoms with Crippen molar-refractivity contribution in [3.8, 4) is 17.2 Å². The van der Waals surface area contributed by atoms with Gasteiger partial charge in [-0.1, -0.05) is 6.92 Å². The average molecular weight is 414 g/mol. The number of carbonyl (C=O) groups is 1. The fourth-order valence-electron chi connectivity index (χ4n) is 2.87. The first-order valence-corrected chi connectivity index (χ1v) is 9.27. The Balaban J connectivity index is 2.08. The maximum Gasteiger partial charge on any atom is 0.352 e. The van der Waals surface area contributed by atoms with Crippen LogP contribution in [0.5, 0.6) is 11.5 Å². The third kappa shape index (κ3) is 4.12. The smallest absolute Gasteiger partial charge is 0.352 e. The first kappa shape index (κ1) is 20.9. The first-order chi connectivity index (χ1) is 14.5. The van der Waals surface area contributed by atoms with Gasteiger partial charge in [0, 0.05) is 12.6 Å². The molecule has 1 N–H and O–H groups in total. The van der Waals surface area contributed by atoms with Crippen molar-refractivity contribution in [2.45, 2.75) is 26.4 Å². The largest absolute Gasteiger partial charge is 0.493 e. The molecule has 30 heavy (non-hydrogen) atoms. The molecule has 0 unspecified atom stereocenters. The van der Waals surface area contributed by atoms with Crippen molar-refractivity contribution in [1.82, 2.24) is 19.7 Å². The van der Waals surface area contributed by atoms with E-state index in [-0.39, 0.29) is 13.1 Å². The lowest BCUT2D eigenvalue weighted by atomic mass is 10.2. The van der Waals surface area contributed by atoms with Gasteiger partial charge in [-0.2, -0.15) is 9.78 Å². The second-order valence-electron chi connectivity index (χ2n) is 6.30. The van der Waals surface area contributed by atoms with Gasteiger partial charge in [0.15, 0.2) is 11.5 Å². The minimum atomic E-state index is -0.754. The van der Waals surface area contributed by atoms with Crippen molar-refractivity contribution >= 4 is 5.91 Å². The summed E-state index contributed by atoms with van der Waals surface area (Å²) in [5.41, 5.74) is -1.49. The molecule has 10 heteroatoms. The number of aromatic nitrogens is 3. The van der Waals surface area contributed by atoms with Gasteiger partial charge in [-0.05, 0) is 30.7 Å². The fourth-order valence-corrected chi connectivity index (χ4v) is 2.87. The van der Waals surface area contributed by atoms with Crippen molar-refractivity contribution in [2.75, 3.05) is 14.2 Å². The topological polar surface area (TPSA) is 118 Å². The molecule has 0 fully saturated rings. The van der Waals surface area contributed by atoms with Gasteiger partial charge in [0.05, 0.1) is 32.7 Å². The van der Waals surface area contributed by atoms with Gasteiger partial charge in [0.1, 0.15) is 5.76 Å². The van der Waals surface area contributed by atoms with E-state index in [0.717, 1.165) is 9.25 Å². The van der Waals surface area contributed by atoms with E-state index in [2.05, 4.69) is 10.4 Å². The molecule has 3 rings (SSSR count). The Morgan fingerprint density at radius 2 is 1.93 bits per heavy atom. The van der Waals surface area contributed by atoms with E-state index in [1.807, 2.05) is 6.92 Å². The predicted molar refractivity (Wildman–Crippen MR) is 107 cm³/mol. The molecule has 0 aliphatic heterocycles. The summed E-state index contributed by atoms with van der Waals surface area (Å²) in [6, 6.07) is 8.10. The molecule has 10 nitrogen and oxygen atoms in total. The van der Waals surface area contributed by atoms with E-state index >= 15 is 0 Å². The maximum atomic E-state index is 12.9. The number of methoxy groups -OCH3 is 2. The number of hydrogen-bond donors (Lipinski definition) is 1. The van der Waals surface area contributed by atoms with Crippen molar-refractivity contribution in [1.29, 1.82) is 0 Å². The van der Waals surface area contributed by atoms with Crippen LogP contribution in [-0.4, -0.2) is 34.5 Å². The van der Waals surface area contributed by atoms with Crippen molar-refractivity contribution in [3.63, 3.8) is 0 Å². The molecule has 1 aromatic carbocycles. The minimum Gasteiger partial charge on any atom is -0.493 e. The molecule has 3 aromatic rings. The number of furan rings is 1. The summed E-state index contributed by atoms with van der Waals surface area (Å²) in [4.78, 5) is 38.3. The van der Waals surface area contributed by atoms with Gasteiger partial charge in [-0.25, -0.2) is 4.79 Å². The van der Waals surface area contributed by atoms with Crippen LogP contribution in [0.15, 0.2) is 50.6 Å². The second kappa shape index (κ2) is 9.12. The number of ether oxygens (including phenoxy) is 2. The van der Waals surface area contributed by atoms with Crippen molar-refractivity contribution < 1.29 is 18.7 Å². The van der Waals surface area contributed by atoms with E-state index in [0.29, 0.717) is 29.4 Å². The van der Waals surface area contributed by atoms with Crippen LogP contribution in [0.2, 0.25) is 0 Å². The highest BCUT2D eigenvalue weighted by Crippen LogP contribution is 2.28. The molecule has 1 amide bonds. The molecule has 158 valence electrons. The number of rotatable bonds is 8. The third-order valence-corrected chi connectivity index (χ3v) is 4.34. The molecule has 0 bridgehead atoms. The van der Waals surface area contributed by atoms with E-state index in [1.165, 1.54) is 20.5 Å². The molecule has 0 aliphatic rings. The van der Waals surface area contributed by atoms with E-state index in [4.69, 9.17) is 13.9 Å². The molecule has 0 saturated heterocycles. The maximum absolute atomic E-state index is 12.9. The van der Waals surface area contributed by atoms with Crippen LogP contribution in [0.3, 0.4) is 0 Å². The average Bonchev–Trinajstić information content (AvgIpc) is 3.28. The first-order valence-electron chi connectivity index (χ1n) is 9.27. The highest BCUT2D eigenvalue weighted by Gasteiger charge is 2.20. The van der Waals surface area contributed by atoms with Crippen LogP contribution < -0.4 is 26.0 Å². The summed E-state index contributed by atoms with van der Waals surface area (Å²) < 4.78 is 17.6. The standard InChI is InChI=1S/C20H22N4O6/c1-4-9-23-19(26)17(18(25)21-12-14-6-5-10-30-14)22-24(20(23)27)13-7-8-15(28-2)16(11-13)29-3/h5-8,10-11H,4,9,12H2,1-3H3,(H,21,25). The zero-order valence-electron chi connectivity index (χ0n) is 16.9. The highest BCUT2D eigenvalue weighted by atomic mass is 16.5. The number of benzene rings is 1. The monoisotopic (exact) mass is 414 g/mol. The number of hydrogen-bond acceptors (Lipinski definition) is 7. The van der Waals surface area contributed by atoms with Gasteiger partial charge >= 0.3 is 5.69 Å². The Labute approximate surface area is 171 Å². The summed E-state index contributed by atoms with van der Waals surface area (Å²) >= 11 is 0. The summed E-state index contributed by atoms with van der Waals surface area (Å²) in [6.07, 6.45) is 2.00. The summed E-state index contributed by atoms with van der Waals surface area (Å²) in [6.45, 7) is 2.05. The molecule has 0 aliphatic carbocycles. The third-order valence-electron chi connectivity index (χ3n) is 4.34.